The highest BCUT2D eigenvalue weighted by Crippen LogP contribution is 2.15. The van der Waals surface area contributed by atoms with E-state index in [1.807, 2.05) is 32.9 Å². The summed E-state index contributed by atoms with van der Waals surface area (Å²) in [7, 11) is 0. The van der Waals surface area contributed by atoms with Gasteiger partial charge in [-0.05, 0) is 32.9 Å². The van der Waals surface area contributed by atoms with E-state index in [1.54, 1.807) is 9.95 Å². The molecule has 0 bridgehead atoms. The highest BCUT2D eigenvalue weighted by atomic mass is 32.1. The molecule has 20 heavy (non-hydrogen) atoms. The van der Waals surface area contributed by atoms with E-state index in [0.29, 0.717) is 6.54 Å². The predicted octanol–water partition coefficient (Wildman–Crippen LogP) is 2.39. The first kappa shape index (κ1) is 14.6. The Morgan fingerprint density at radius 1 is 1.45 bits per heavy atom. The van der Waals surface area contributed by atoms with Gasteiger partial charge in [0.25, 0.3) is 0 Å². The van der Waals surface area contributed by atoms with Crippen LogP contribution >= 0.6 is 11.3 Å². The number of carbonyl (C=O) groups excluding carboxylic acids is 1. The fourth-order valence-electron chi connectivity index (χ4n) is 1.96. The van der Waals surface area contributed by atoms with Gasteiger partial charge in [-0.2, -0.15) is 0 Å². The maximum absolute atomic E-state index is 11.9. The van der Waals surface area contributed by atoms with E-state index in [0.717, 1.165) is 28.6 Å². The molecular formula is C14H18N2O3S. The van der Waals surface area contributed by atoms with Crippen molar-refractivity contribution in [3.8, 4) is 0 Å². The number of nitrogens with zero attached hydrogens (tertiary/aromatic N) is 1. The Balaban J connectivity index is 1.88. The third-order valence-electron chi connectivity index (χ3n) is 3.10. The Hall–Kier alpha value is -1.82. The molecule has 1 N–H and O–H groups in total. The molecule has 0 aliphatic rings. The van der Waals surface area contributed by atoms with Crippen molar-refractivity contribution in [1.82, 2.24) is 9.88 Å². The fourth-order valence-corrected chi connectivity index (χ4v) is 2.72. The molecule has 0 aliphatic carbocycles. The molecule has 0 spiro atoms. The zero-order valence-electron chi connectivity index (χ0n) is 11.8. The molecule has 0 saturated heterocycles. The van der Waals surface area contributed by atoms with Crippen LogP contribution in [-0.2, 0) is 11.3 Å². The largest absolute Gasteiger partial charge is 0.464 e. The van der Waals surface area contributed by atoms with Crippen LogP contribution in [0, 0.1) is 13.8 Å². The van der Waals surface area contributed by atoms with Gasteiger partial charge in [0, 0.05) is 24.0 Å². The molecule has 1 amide bonds. The summed E-state index contributed by atoms with van der Waals surface area (Å²) >= 11 is 1.16. The van der Waals surface area contributed by atoms with Gasteiger partial charge in [-0.25, -0.2) is 0 Å². The predicted molar refractivity (Wildman–Crippen MR) is 77.9 cm³/mol. The first-order valence-corrected chi connectivity index (χ1v) is 7.36. The molecule has 0 aliphatic heterocycles. The summed E-state index contributed by atoms with van der Waals surface area (Å²) in [4.78, 5) is 23.4. The lowest BCUT2D eigenvalue weighted by molar-refractivity contribution is -0.122. The zero-order valence-corrected chi connectivity index (χ0v) is 12.6. The Kier molecular flexibility index (Phi) is 4.44. The number of thiazole rings is 1. The van der Waals surface area contributed by atoms with Crippen molar-refractivity contribution in [2.45, 2.75) is 39.8 Å². The van der Waals surface area contributed by atoms with Gasteiger partial charge in [0.2, 0.25) is 5.91 Å². The summed E-state index contributed by atoms with van der Waals surface area (Å²) in [5.41, 5.74) is 0.891. The van der Waals surface area contributed by atoms with E-state index >= 15 is 0 Å². The summed E-state index contributed by atoms with van der Waals surface area (Å²) in [5.74, 6) is 1.46. The number of amides is 1. The molecule has 2 heterocycles. The second-order valence-electron chi connectivity index (χ2n) is 4.78. The number of furan rings is 1. The molecule has 2 aromatic heterocycles. The first-order valence-electron chi connectivity index (χ1n) is 6.48. The van der Waals surface area contributed by atoms with Crippen LogP contribution in [0.1, 0.15) is 36.6 Å². The average molecular weight is 294 g/mol. The Labute approximate surface area is 121 Å². The van der Waals surface area contributed by atoms with E-state index < -0.39 is 0 Å². The van der Waals surface area contributed by atoms with E-state index in [1.165, 1.54) is 0 Å². The molecule has 0 radical (unpaired) electrons. The summed E-state index contributed by atoms with van der Waals surface area (Å²) in [6, 6.07) is 3.55. The van der Waals surface area contributed by atoms with Crippen LogP contribution in [0.4, 0.5) is 0 Å². The zero-order chi connectivity index (χ0) is 14.7. The standard InChI is InChI=1S/C14H18N2O3S/c1-9-8-20-14(18)16(9)7-6-13(17)15-11(3)12-5-4-10(2)19-12/h4-5,8,11H,6-7H2,1-3H3,(H,15,17)/t11-/m0/s1. The number of aromatic nitrogens is 1. The van der Waals surface area contributed by atoms with E-state index in [2.05, 4.69) is 5.32 Å². The lowest BCUT2D eigenvalue weighted by atomic mass is 10.2. The quantitative estimate of drug-likeness (QED) is 0.921. The van der Waals surface area contributed by atoms with Gasteiger partial charge < -0.3 is 14.3 Å². The maximum atomic E-state index is 11.9. The molecule has 6 heteroatoms. The molecule has 0 aromatic carbocycles. The third kappa shape index (κ3) is 3.39. The summed E-state index contributed by atoms with van der Waals surface area (Å²) in [6.45, 7) is 6.01. The lowest BCUT2D eigenvalue weighted by Gasteiger charge is -2.12. The fraction of sp³-hybridized carbons (Fsp3) is 0.429. The van der Waals surface area contributed by atoms with Crippen molar-refractivity contribution in [3.05, 3.63) is 44.4 Å². The Bertz CT molecular complexity index is 653. The normalized spacial score (nSPS) is 12.3. The van der Waals surface area contributed by atoms with Crippen LogP contribution in [0.3, 0.4) is 0 Å². The van der Waals surface area contributed by atoms with Gasteiger partial charge in [-0.1, -0.05) is 11.3 Å². The monoisotopic (exact) mass is 294 g/mol. The van der Waals surface area contributed by atoms with E-state index in [9.17, 15) is 9.59 Å². The van der Waals surface area contributed by atoms with Crippen molar-refractivity contribution in [1.29, 1.82) is 0 Å². The second kappa shape index (κ2) is 6.09. The van der Waals surface area contributed by atoms with Crippen molar-refractivity contribution >= 4 is 17.2 Å². The number of carbonyl (C=O) groups is 1. The molecule has 108 valence electrons. The second-order valence-corrected chi connectivity index (χ2v) is 5.60. The minimum Gasteiger partial charge on any atom is -0.464 e. The first-order chi connectivity index (χ1) is 9.47. The van der Waals surface area contributed by atoms with Crippen molar-refractivity contribution in [2.75, 3.05) is 0 Å². The smallest absolute Gasteiger partial charge is 0.307 e. The minimum atomic E-state index is -0.170. The lowest BCUT2D eigenvalue weighted by Crippen LogP contribution is -2.28. The van der Waals surface area contributed by atoms with Gasteiger partial charge in [-0.3, -0.25) is 9.59 Å². The number of hydrogen-bond donors (Lipinski definition) is 1. The Morgan fingerprint density at radius 3 is 2.75 bits per heavy atom. The molecule has 0 fully saturated rings. The highest BCUT2D eigenvalue weighted by Gasteiger charge is 2.13. The summed E-state index contributed by atoms with van der Waals surface area (Å²) in [5, 5.41) is 4.67. The van der Waals surface area contributed by atoms with Gasteiger partial charge in [-0.15, -0.1) is 0 Å². The molecule has 2 rings (SSSR count). The van der Waals surface area contributed by atoms with Crippen LogP contribution in [0.2, 0.25) is 0 Å². The molecular weight excluding hydrogens is 276 g/mol. The molecule has 1 atom stereocenters. The van der Waals surface area contributed by atoms with Crippen LogP contribution in [0.5, 0.6) is 0 Å². The van der Waals surface area contributed by atoms with Gasteiger partial charge >= 0.3 is 4.87 Å². The van der Waals surface area contributed by atoms with E-state index in [4.69, 9.17) is 4.42 Å². The van der Waals surface area contributed by atoms with Crippen LogP contribution < -0.4 is 10.2 Å². The molecule has 0 saturated carbocycles. The number of nitrogens with one attached hydrogen (secondary N) is 1. The third-order valence-corrected chi connectivity index (χ3v) is 3.99. The van der Waals surface area contributed by atoms with Gasteiger partial charge in [0.05, 0.1) is 6.04 Å². The van der Waals surface area contributed by atoms with E-state index in [-0.39, 0.29) is 23.2 Å². The van der Waals surface area contributed by atoms with Crippen LogP contribution in [0.15, 0.2) is 26.7 Å². The van der Waals surface area contributed by atoms with Crippen molar-refractivity contribution in [3.63, 3.8) is 0 Å². The topological polar surface area (TPSA) is 64.2 Å². The molecule has 2 aromatic rings. The number of hydrogen-bond acceptors (Lipinski definition) is 4. The van der Waals surface area contributed by atoms with Crippen LogP contribution in [0.25, 0.3) is 0 Å². The summed E-state index contributed by atoms with van der Waals surface area (Å²) < 4.78 is 7.08. The molecule has 5 nitrogen and oxygen atoms in total. The summed E-state index contributed by atoms with van der Waals surface area (Å²) in [6.07, 6.45) is 0.279. The average Bonchev–Trinajstić information content (AvgIpc) is 2.95. The SMILES string of the molecule is Cc1ccc([C@H](C)NC(=O)CCn2c(C)csc2=O)o1. The maximum Gasteiger partial charge on any atom is 0.307 e. The number of aryl methyl sites for hydroxylation is 2. The highest BCUT2D eigenvalue weighted by molar-refractivity contribution is 7.07. The number of rotatable bonds is 5. The van der Waals surface area contributed by atoms with Gasteiger partial charge in [0.15, 0.2) is 0 Å². The van der Waals surface area contributed by atoms with Crippen molar-refractivity contribution < 1.29 is 9.21 Å². The Morgan fingerprint density at radius 2 is 2.20 bits per heavy atom. The van der Waals surface area contributed by atoms with Gasteiger partial charge in [0.1, 0.15) is 11.5 Å². The van der Waals surface area contributed by atoms with Crippen LogP contribution in [-0.4, -0.2) is 10.5 Å². The van der Waals surface area contributed by atoms with Crippen molar-refractivity contribution in [2.24, 2.45) is 0 Å². The molecule has 0 unspecified atom stereocenters. The minimum absolute atomic E-state index is 0.0231.